The molecule has 110 valence electrons. The van der Waals surface area contributed by atoms with Crippen molar-refractivity contribution in [1.82, 2.24) is 0 Å². The molecule has 0 unspecified atom stereocenters. The molecule has 2 aromatic rings. The van der Waals surface area contributed by atoms with E-state index in [9.17, 15) is 4.39 Å². The highest BCUT2D eigenvalue weighted by Gasteiger charge is 2.03. The van der Waals surface area contributed by atoms with Gasteiger partial charge in [-0.15, -0.1) is 0 Å². The lowest BCUT2D eigenvalue weighted by molar-refractivity contribution is 0.340. The van der Waals surface area contributed by atoms with Crippen LogP contribution in [-0.2, 0) is 0 Å². The summed E-state index contributed by atoms with van der Waals surface area (Å²) < 4.78 is 18.6. The van der Waals surface area contributed by atoms with Crippen LogP contribution in [0.25, 0.3) is 0 Å². The third kappa shape index (κ3) is 4.43. The zero-order chi connectivity index (χ0) is 15.2. The van der Waals surface area contributed by atoms with Crippen molar-refractivity contribution in [3.63, 3.8) is 0 Å². The van der Waals surface area contributed by atoms with E-state index in [1.54, 1.807) is 6.07 Å². The minimum absolute atomic E-state index is 0.299. The van der Waals surface area contributed by atoms with E-state index in [1.807, 2.05) is 38.1 Å². The molecule has 0 saturated heterocycles. The molecule has 3 nitrogen and oxygen atoms in total. The molecule has 2 N–H and O–H groups in total. The van der Waals surface area contributed by atoms with Crippen LogP contribution >= 0.6 is 12.2 Å². The van der Waals surface area contributed by atoms with Gasteiger partial charge in [0, 0.05) is 11.4 Å². The standard InChI is InChI=1S/C16H17FN2OS/c1-3-20-14-8-6-13(7-9-14)18-16(21)19-15-10-12(17)5-4-11(15)2/h4-10H,3H2,1-2H3,(H2,18,19,21). The van der Waals surface area contributed by atoms with Crippen LogP contribution < -0.4 is 15.4 Å². The second-order valence-electron chi connectivity index (χ2n) is 4.50. The Labute approximate surface area is 129 Å². The average Bonchev–Trinajstić information content (AvgIpc) is 2.45. The van der Waals surface area contributed by atoms with Gasteiger partial charge in [-0.3, -0.25) is 0 Å². The fourth-order valence-electron chi connectivity index (χ4n) is 1.81. The van der Waals surface area contributed by atoms with Crippen molar-refractivity contribution >= 4 is 28.7 Å². The first-order chi connectivity index (χ1) is 10.1. The Morgan fingerprint density at radius 1 is 1.14 bits per heavy atom. The number of hydrogen-bond acceptors (Lipinski definition) is 2. The maximum absolute atomic E-state index is 13.2. The zero-order valence-electron chi connectivity index (χ0n) is 11.9. The van der Waals surface area contributed by atoms with E-state index in [0.29, 0.717) is 17.4 Å². The molecular weight excluding hydrogens is 287 g/mol. The summed E-state index contributed by atoms with van der Waals surface area (Å²) in [4.78, 5) is 0. The Morgan fingerprint density at radius 3 is 2.52 bits per heavy atom. The SMILES string of the molecule is CCOc1ccc(NC(=S)Nc2cc(F)ccc2C)cc1. The summed E-state index contributed by atoms with van der Waals surface area (Å²) in [5.41, 5.74) is 2.41. The van der Waals surface area contributed by atoms with Gasteiger partial charge >= 0.3 is 0 Å². The zero-order valence-corrected chi connectivity index (χ0v) is 12.8. The Hall–Kier alpha value is -2.14. The molecule has 5 heteroatoms. The maximum Gasteiger partial charge on any atom is 0.175 e. The highest BCUT2D eigenvalue weighted by Crippen LogP contribution is 2.18. The summed E-state index contributed by atoms with van der Waals surface area (Å²) in [6, 6.07) is 12.0. The van der Waals surface area contributed by atoms with E-state index in [2.05, 4.69) is 10.6 Å². The van der Waals surface area contributed by atoms with Crippen LogP contribution in [0.2, 0.25) is 0 Å². The number of hydrogen-bond donors (Lipinski definition) is 2. The molecule has 0 aliphatic heterocycles. The number of thiocarbonyl (C=S) groups is 1. The molecule has 0 bridgehead atoms. The predicted molar refractivity (Wildman–Crippen MR) is 88.6 cm³/mol. The smallest absolute Gasteiger partial charge is 0.175 e. The molecule has 0 aliphatic carbocycles. The van der Waals surface area contributed by atoms with Gasteiger partial charge < -0.3 is 15.4 Å². The van der Waals surface area contributed by atoms with Gasteiger partial charge in [-0.1, -0.05) is 6.07 Å². The molecule has 0 radical (unpaired) electrons. The molecule has 0 aliphatic rings. The van der Waals surface area contributed by atoms with Crippen molar-refractivity contribution in [1.29, 1.82) is 0 Å². The second-order valence-corrected chi connectivity index (χ2v) is 4.90. The maximum atomic E-state index is 13.2. The van der Waals surface area contributed by atoms with Crippen molar-refractivity contribution in [2.24, 2.45) is 0 Å². The monoisotopic (exact) mass is 304 g/mol. The predicted octanol–water partition coefficient (Wildman–Crippen LogP) is 4.34. The third-order valence-electron chi connectivity index (χ3n) is 2.87. The van der Waals surface area contributed by atoms with Gasteiger partial charge in [0.05, 0.1) is 6.61 Å². The normalized spacial score (nSPS) is 10.0. The van der Waals surface area contributed by atoms with Crippen molar-refractivity contribution in [2.45, 2.75) is 13.8 Å². The Morgan fingerprint density at radius 2 is 1.86 bits per heavy atom. The minimum Gasteiger partial charge on any atom is -0.494 e. The van der Waals surface area contributed by atoms with E-state index in [4.69, 9.17) is 17.0 Å². The molecule has 0 spiro atoms. The fraction of sp³-hybridized carbons (Fsp3) is 0.188. The summed E-state index contributed by atoms with van der Waals surface area (Å²) in [5, 5.41) is 6.45. The molecule has 0 fully saturated rings. The van der Waals surface area contributed by atoms with Gasteiger partial charge in [0.2, 0.25) is 0 Å². The first-order valence-electron chi connectivity index (χ1n) is 6.65. The van der Waals surface area contributed by atoms with Crippen molar-refractivity contribution in [2.75, 3.05) is 17.2 Å². The molecule has 2 rings (SSSR count). The molecule has 0 amide bonds. The van der Waals surface area contributed by atoms with E-state index in [1.165, 1.54) is 12.1 Å². The van der Waals surface area contributed by atoms with Gasteiger partial charge in [0.15, 0.2) is 5.11 Å². The molecule has 0 heterocycles. The van der Waals surface area contributed by atoms with E-state index in [0.717, 1.165) is 17.0 Å². The Bertz CT molecular complexity index is 629. The van der Waals surface area contributed by atoms with Crippen molar-refractivity contribution < 1.29 is 9.13 Å². The fourth-order valence-corrected chi connectivity index (χ4v) is 2.04. The van der Waals surface area contributed by atoms with E-state index in [-0.39, 0.29) is 5.82 Å². The highest BCUT2D eigenvalue weighted by molar-refractivity contribution is 7.80. The van der Waals surface area contributed by atoms with Gasteiger partial charge in [-0.25, -0.2) is 4.39 Å². The highest BCUT2D eigenvalue weighted by atomic mass is 32.1. The van der Waals surface area contributed by atoms with Crippen LogP contribution in [0.3, 0.4) is 0 Å². The van der Waals surface area contributed by atoms with Gasteiger partial charge in [-0.2, -0.15) is 0 Å². The first-order valence-corrected chi connectivity index (χ1v) is 7.06. The summed E-state index contributed by atoms with van der Waals surface area (Å²) in [7, 11) is 0. The summed E-state index contributed by atoms with van der Waals surface area (Å²) in [6.07, 6.45) is 0. The Kier molecular flexibility index (Phi) is 5.11. The summed E-state index contributed by atoms with van der Waals surface area (Å²) in [6.45, 7) is 4.46. The van der Waals surface area contributed by atoms with Crippen LogP contribution in [-0.4, -0.2) is 11.7 Å². The van der Waals surface area contributed by atoms with E-state index < -0.39 is 0 Å². The van der Waals surface area contributed by atoms with Crippen molar-refractivity contribution in [3.05, 3.63) is 53.8 Å². The molecule has 0 saturated carbocycles. The molecule has 21 heavy (non-hydrogen) atoms. The number of nitrogens with one attached hydrogen (secondary N) is 2. The lowest BCUT2D eigenvalue weighted by Crippen LogP contribution is -2.19. The average molecular weight is 304 g/mol. The lowest BCUT2D eigenvalue weighted by atomic mass is 10.2. The Balaban J connectivity index is 1.99. The largest absolute Gasteiger partial charge is 0.494 e. The van der Waals surface area contributed by atoms with Gasteiger partial charge in [0.25, 0.3) is 0 Å². The van der Waals surface area contributed by atoms with Crippen LogP contribution in [0.15, 0.2) is 42.5 Å². The number of anilines is 2. The van der Waals surface area contributed by atoms with Crippen LogP contribution in [0.4, 0.5) is 15.8 Å². The summed E-state index contributed by atoms with van der Waals surface area (Å²) in [5.74, 6) is 0.509. The molecule has 0 aromatic heterocycles. The van der Waals surface area contributed by atoms with Crippen LogP contribution in [0.1, 0.15) is 12.5 Å². The summed E-state index contributed by atoms with van der Waals surface area (Å²) >= 11 is 5.23. The number of rotatable bonds is 4. The van der Waals surface area contributed by atoms with Crippen LogP contribution in [0, 0.1) is 12.7 Å². The quantitative estimate of drug-likeness (QED) is 0.823. The third-order valence-corrected chi connectivity index (χ3v) is 3.08. The molecule has 2 aromatic carbocycles. The van der Waals surface area contributed by atoms with Crippen LogP contribution in [0.5, 0.6) is 5.75 Å². The van der Waals surface area contributed by atoms with Crippen molar-refractivity contribution in [3.8, 4) is 5.75 Å². The topological polar surface area (TPSA) is 33.3 Å². The number of benzene rings is 2. The molecular formula is C16H17FN2OS. The lowest BCUT2D eigenvalue weighted by Gasteiger charge is -2.13. The minimum atomic E-state index is -0.299. The number of ether oxygens (including phenoxy) is 1. The number of aryl methyl sites for hydroxylation is 1. The van der Waals surface area contributed by atoms with Gasteiger partial charge in [0.1, 0.15) is 11.6 Å². The number of halogens is 1. The molecule has 0 atom stereocenters. The van der Waals surface area contributed by atoms with E-state index >= 15 is 0 Å². The second kappa shape index (κ2) is 7.04. The first kappa shape index (κ1) is 15.3. The van der Waals surface area contributed by atoms with Gasteiger partial charge in [-0.05, 0) is 68.0 Å².